The van der Waals surface area contributed by atoms with Gasteiger partial charge in [-0.05, 0) is 18.4 Å². The van der Waals surface area contributed by atoms with Crippen LogP contribution in [0.1, 0.15) is 44.7 Å². The van der Waals surface area contributed by atoms with Crippen LogP contribution < -0.4 is 10.5 Å². The minimum absolute atomic E-state index is 0.223. The first-order valence-corrected chi connectivity index (χ1v) is 6.13. The predicted octanol–water partition coefficient (Wildman–Crippen LogP) is 3.66. The van der Waals surface area contributed by atoms with Gasteiger partial charge in [-0.2, -0.15) is 0 Å². The van der Waals surface area contributed by atoms with Crippen LogP contribution in [0.3, 0.4) is 0 Å². The molecule has 0 aliphatic heterocycles. The number of rotatable bonds is 6. The van der Waals surface area contributed by atoms with Crippen LogP contribution in [-0.4, -0.2) is 7.11 Å². The van der Waals surface area contributed by atoms with Gasteiger partial charge in [0.25, 0.3) is 0 Å². The van der Waals surface area contributed by atoms with E-state index < -0.39 is 0 Å². The van der Waals surface area contributed by atoms with E-state index in [0.717, 1.165) is 19.3 Å². The van der Waals surface area contributed by atoms with Gasteiger partial charge in [-0.1, -0.05) is 32.8 Å². The molecule has 1 rings (SSSR count). The molecule has 0 heterocycles. The molecule has 0 aliphatic rings. The van der Waals surface area contributed by atoms with Crippen LogP contribution in [0, 0.1) is 11.7 Å². The molecule has 0 fully saturated rings. The Bertz CT molecular complexity index is 352. The second-order valence-electron chi connectivity index (χ2n) is 4.82. The number of halogens is 1. The van der Waals surface area contributed by atoms with Crippen molar-refractivity contribution in [2.24, 2.45) is 11.7 Å². The molecule has 1 aromatic carbocycles. The lowest BCUT2D eigenvalue weighted by molar-refractivity contribution is 0.409. The highest BCUT2D eigenvalue weighted by Crippen LogP contribution is 2.24. The standard InChI is InChI=1S/C14H22FNO/c1-10(2)5-4-6-14(16)12-8-7-11(17-3)9-13(12)15/h7-10,14H,4-6,16H2,1-3H3. The molecule has 96 valence electrons. The summed E-state index contributed by atoms with van der Waals surface area (Å²) < 4.78 is 18.7. The molecule has 3 heteroatoms. The molecule has 2 nitrogen and oxygen atoms in total. The Kier molecular flexibility index (Phi) is 5.42. The SMILES string of the molecule is COc1ccc(C(N)CCCC(C)C)c(F)c1. The first kappa shape index (κ1) is 14.0. The maximum Gasteiger partial charge on any atom is 0.131 e. The summed E-state index contributed by atoms with van der Waals surface area (Å²) in [5, 5.41) is 0. The minimum Gasteiger partial charge on any atom is -0.497 e. The number of benzene rings is 1. The summed E-state index contributed by atoms with van der Waals surface area (Å²) in [4.78, 5) is 0. The lowest BCUT2D eigenvalue weighted by Gasteiger charge is -2.14. The lowest BCUT2D eigenvalue weighted by atomic mass is 9.98. The van der Waals surface area contributed by atoms with Gasteiger partial charge < -0.3 is 10.5 Å². The Morgan fingerprint density at radius 2 is 2.00 bits per heavy atom. The summed E-state index contributed by atoms with van der Waals surface area (Å²) in [5.41, 5.74) is 6.57. The maximum absolute atomic E-state index is 13.7. The van der Waals surface area contributed by atoms with Gasteiger partial charge in [-0.15, -0.1) is 0 Å². The normalized spacial score (nSPS) is 12.8. The third kappa shape index (κ3) is 4.35. The van der Waals surface area contributed by atoms with E-state index in [1.54, 1.807) is 12.1 Å². The van der Waals surface area contributed by atoms with Gasteiger partial charge in [0.15, 0.2) is 0 Å². The first-order chi connectivity index (χ1) is 8.04. The van der Waals surface area contributed by atoms with Crippen molar-refractivity contribution in [1.29, 1.82) is 0 Å². The smallest absolute Gasteiger partial charge is 0.131 e. The number of ether oxygens (including phenoxy) is 1. The Balaban J connectivity index is 2.59. The molecule has 0 aliphatic carbocycles. The summed E-state index contributed by atoms with van der Waals surface area (Å²) in [6, 6.07) is 4.63. The topological polar surface area (TPSA) is 35.2 Å². The predicted molar refractivity (Wildman–Crippen MR) is 68.6 cm³/mol. The molecule has 0 bridgehead atoms. The molecule has 1 aromatic rings. The highest BCUT2D eigenvalue weighted by atomic mass is 19.1. The van der Waals surface area contributed by atoms with E-state index in [4.69, 9.17) is 10.5 Å². The number of hydrogen-bond donors (Lipinski definition) is 1. The Labute approximate surface area is 103 Å². The fourth-order valence-electron chi connectivity index (χ4n) is 1.84. The van der Waals surface area contributed by atoms with Crippen LogP contribution in [0.25, 0.3) is 0 Å². The van der Waals surface area contributed by atoms with Gasteiger partial charge >= 0.3 is 0 Å². The van der Waals surface area contributed by atoms with Crippen molar-refractivity contribution in [1.82, 2.24) is 0 Å². The number of hydrogen-bond acceptors (Lipinski definition) is 2. The van der Waals surface area contributed by atoms with E-state index in [0.29, 0.717) is 17.2 Å². The van der Waals surface area contributed by atoms with E-state index in [1.807, 2.05) is 0 Å². The van der Waals surface area contributed by atoms with Gasteiger partial charge in [-0.3, -0.25) is 0 Å². The third-order valence-electron chi connectivity index (χ3n) is 2.90. The maximum atomic E-state index is 13.7. The zero-order chi connectivity index (χ0) is 12.8. The van der Waals surface area contributed by atoms with Crippen molar-refractivity contribution in [2.45, 2.75) is 39.2 Å². The molecule has 0 aromatic heterocycles. The lowest BCUT2D eigenvalue weighted by Crippen LogP contribution is -2.12. The fourth-order valence-corrected chi connectivity index (χ4v) is 1.84. The molecule has 0 radical (unpaired) electrons. The summed E-state index contributed by atoms with van der Waals surface area (Å²) in [6.07, 6.45) is 2.98. The Hall–Kier alpha value is -1.09. The molecule has 1 atom stereocenters. The average Bonchev–Trinajstić information content (AvgIpc) is 2.28. The van der Waals surface area contributed by atoms with Crippen LogP contribution >= 0.6 is 0 Å². The fraction of sp³-hybridized carbons (Fsp3) is 0.571. The Morgan fingerprint density at radius 3 is 2.53 bits per heavy atom. The largest absolute Gasteiger partial charge is 0.497 e. The molecule has 1 unspecified atom stereocenters. The summed E-state index contributed by atoms with van der Waals surface area (Å²) in [5.74, 6) is 0.921. The van der Waals surface area contributed by atoms with E-state index in [1.165, 1.54) is 13.2 Å². The highest BCUT2D eigenvalue weighted by Gasteiger charge is 2.12. The van der Waals surface area contributed by atoms with Crippen molar-refractivity contribution in [3.05, 3.63) is 29.6 Å². The second kappa shape index (κ2) is 6.60. The molecule has 0 saturated carbocycles. The van der Waals surface area contributed by atoms with Crippen LogP contribution in [0.5, 0.6) is 5.75 Å². The monoisotopic (exact) mass is 239 g/mol. The van der Waals surface area contributed by atoms with Crippen LogP contribution in [0.2, 0.25) is 0 Å². The van der Waals surface area contributed by atoms with E-state index in [2.05, 4.69) is 13.8 Å². The van der Waals surface area contributed by atoms with Gasteiger partial charge in [0, 0.05) is 17.7 Å². The van der Waals surface area contributed by atoms with E-state index >= 15 is 0 Å². The van der Waals surface area contributed by atoms with E-state index in [-0.39, 0.29) is 11.9 Å². The van der Waals surface area contributed by atoms with Crippen molar-refractivity contribution in [3.8, 4) is 5.75 Å². The summed E-state index contributed by atoms with van der Waals surface area (Å²) in [6.45, 7) is 4.36. The second-order valence-corrected chi connectivity index (χ2v) is 4.82. The quantitative estimate of drug-likeness (QED) is 0.822. The number of methoxy groups -OCH3 is 1. The molecule has 0 saturated heterocycles. The molecule has 17 heavy (non-hydrogen) atoms. The minimum atomic E-state index is -0.276. The zero-order valence-electron chi connectivity index (χ0n) is 10.9. The van der Waals surface area contributed by atoms with E-state index in [9.17, 15) is 4.39 Å². The van der Waals surface area contributed by atoms with Gasteiger partial charge in [0.2, 0.25) is 0 Å². The van der Waals surface area contributed by atoms with Crippen LogP contribution in [0.15, 0.2) is 18.2 Å². The van der Waals surface area contributed by atoms with Crippen molar-refractivity contribution in [3.63, 3.8) is 0 Å². The summed E-state index contributed by atoms with van der Waals surface area (Å²) in [7, 11) is 1.52. The first-order valence-electron chi connectivity index (χ1n) is 6.13. The molecule has 2 N–H and O–H groups in total. The van der Waals surface area contributed by atoms with Crippen molar-refractivity contribution < 1.29 is 9.13 Å². The molecular weight excluding hydrogens is 217 g/mol. The van der Waals surface area contributed by atoms with Crippen molar-refractivity contribution >= 4 is 0 Å². The highest BCUT2D eigenvalue weighted by molar-refractivity contribution is 5.30. The third-order valence-corrected chi connectivity index (χ3v) is 2.90. The van der Waals surface area contributed by atoms with Gasteiger partial charge in [-0.25, -0.2) is 4.39 Å². The van der Waals surface area contributed by atoms with Crippen molar-refractivity contribution in [2.75, 3.05) is 7.11 Å². The molecule has 0 amide bonds. The number of nitrogens with two attached hydrogens (primary N) is 1. The summed E-state index contributed by atoms with van der Waals surface area (Å²) >= 11 is 0. The van der Waals surface area contributed by atoms with Crippen LogP contribution in [-0.2, 0) is 0 Å². The average molecular weight is 239 g/mol. The van der Waals surface area contributed by atoms with Gasteiger partial charge in [0.1, 0.15) is 11.6 Å². The molecule has 0 spiro atoms. The molecular formula is C14H22FNO. The Morgan fingerprint density at radius 1 is 1.29 bits per heavy atom. The van der Waals surface area contributed by atoms with Crippen LogP contribution in [0.4, 0.5) is 4.39 Å². The van der Waals surface area contributed by atoms with Gasteiger partial charge in [0.05, 0.1) is 7.11 Å². The zero-order valence-corrected chi connectivity index (χ0v) is 10.9.